The number of aryl methyl sites for hydroxylation is 1. The van der Waals surface area contributed by atoms with Crippen LogP contribution >= 0.6 is 0 Å². The van der Waals surface area contributed by atoms with Crippen molar-refractivity contribution in [2.45, 2.75) is 0 Å². The van der Waals surface area contributed by atoms with Crippen LogP contribution in [0.15, 0.2) is 67.0 Å². The molecular formula is C20H15IrN2-. The van der Waals surface area contributed by atoms with Gasteiger partial charge in [-0.05, 0) is 5.56 Å². The van der Waals surface area contributed by atoms with Crippen molar-refractivity contribution < 1.29 is 24.7 Å². The SMILES string of the molecule is Cn1[c-][n+](C2=[C-]/C=C\c3ccccc3-c3ccccc32)cc1.[Ir]. The first kappa shape index (κ1) is 15.7. The Bertz CT molecular complexity index is 903. The number of hydrogen-bond acceptors (Lipinski definition) is 0. The molecular weight excluding hydrogens is 460 g/mol. The summed E-state index contributed by atoms with van der Waals surface area (Å²) in [7, 11) is 1.97. The van der Waals surface area contributed by atoms with Gasteiger partial charge in [-0.1, -0.05) is 59.3 Å². The fourth-order valence-corrected chi connectivity index (χ4v) is 2.83. The molecule has 4 rings (SSSR count). The Hall–Kier alpha value is -2.22. The minimum Gasteiger partial charge on any atom is -0.348 e. The molecule has 0 bridgehead atoms. The van der Waals surface area contributed by atoms with E-state index in [0.29, 0.717) is 0 Å². The maximum absolute atomic E-state index is 3.40. The van der Waals surface area contributed by atoms with Crippen LogP contribution in [0.3, 0.4) is 0 Å². The van der Waals surface area contributed by atoms with Gasteiger partial charge in [0.1, 0.15) is 0 Å². The van der Waals surface area contributed by atoms with Gasteiger partial charge in [-0.25, -0.2) is 0 Å². The second-order valence-corrected chi connectivity index (χ2v) is 5.34. The Morgan fingerprint density at radius 3 is 2.35 bits per heavy atom. The molecule has 3 aromatic rings. The molecule has 0 amide bonds. The van der Waals surface area contributed by atoms with E-state index in [2.05, 4.69) is 67.0 Å². The summed E-state index contributed by atoms with van der Waals surface area (Å²) in [6, 6.07) is 16.9. The minimum absolute atomic E-state index is 0. The van der Waals surface area contributed by atoms with E-state index >= 15 is 0 Å². The molecule has 2 nitrogen and oxygen atoms in total. The molecule has 1 aliphatic carbocycles. The van der Waals surface area contributed by atoms with Crippen LogP contribution in [0.1, 0.15) is 11.1 Å². The zero-order chi connectivity index (χ0) is 14.9. The second kappa shape index (κ2) is 6.49. The number of allylic oxidation sites excluding steroid dienone is 2. The van der Waals surface area contributed by atoms with Crippen molar-refractivity contribution in [2.24, 2.45) is 7.05 Å². The van der Waals surface area contributed by atoms with Gasteiger partial charge in [-0.15, -0.1) is 11.6 Å². The van der Waals surface area contributed by atoms with Gasteiger partial charge in [-0.3, -0.25) is 0 Å². The molecule has 0 saturated heterocycles. The predicted octanol–water partition coefficient (Wildman–Crippen LogP) is 3.50. The molecule has 1 radical (unpaired) electrons. The van der Waals surface area contributed by atoms with E-state index in [1.165, 1.54) is 16.7 Å². The summed E-state index contributed by atoms with van der Waals surface area (Å²) in [6.07, 6.45) is 14.7. The average molecular weight is 476 g/mol. The molecule has 0 spiro atoms. The minimum atomic E-state index is 0. The standard InChI is InChI=1S/C20H15N2.Ir/c1-21-13-14-22(15-21)20-12-6-8-16-7-2-3-9-17(16)18-10-4-5-11-19(18)20;/h2-11,13-14H,1H3;/q-1;/b8-6-,16-8?,18-17?,20-19?;. The van der Waals surface area contributed by atoms with Crippen molar-refractivity contribution in [2.75, 3.05) is 0 Å². The van der Waals surface area contributed by atoms with Crippen LogP contribution in [0.4, 0.5) is 0 Å². The Morgan fingerprint density at radius 1 is 0.913 bits per heavy atom. The number of fused-ring (bicyclic) bond motifs is 3. The molecule has 1 aromatic heterocycles. The molecule has 1 heterocycles. The second-order valence-electron chi connectivity index (χ2n) is 5.34. The van der Waals surface area contributed by atoms with E-state index in [1.54, 1.807) is 0 Å². The van der Waals surface area contributed by atoms with Gasteiger partial charge in [0.05, 0.1) is 7.05 Å². The molecule has 3 heteroatoms. The topological polar surface area (TPSA) is 8.81 Å². The molecule has 0 unspecified atom stereocenters. The maximum Gasteiger partial charge on any atom is 0.241 e. The van der Waals surface area contributed by atoms with Crippen LogP contribution in [0.2, 0.25) is 0 Å². The molecule has 0 N–H and O–H groups in total. The monoisotopic (exact) mass is 476 g/mol. The van der Waals surface area contributed by atoms with Gasteiger partial charge in [-0.2, -0.15) is 18.2 Å². The smallest absolute Gasteiger partial charge is 0.241 e. The van der Waals surface area contributed by atoms with Gasteiger partial charge in [0.2, 0.25) is 6.33 Å². The number of hydrogen-bond donors (Lipinski definition) is 0. The average Bonchev–Trinajstić information content (AvgIpc) is 2.96. The van der Waals surface area contributed by atoms with Crippen molar-refractivity contribution in [3.8, 4) is 11.1 Å². The van der Waals surface area contributed by atoms with Crippen LogP contribution in [0.25, 0.3) is 22.9 Å². The fraction of sp³-hybridized carbons (Fsp3) is 0.0500. The third-order valence-corrected chi connectivity index (χ3v) is 3.86. The summed E-state index contributed by atoms with van der Waals surface area (Å²) in [5.41, 5.74) is 5.83. The Kier molecular flexibility index (Phi) is 4.42. The zero-order valence-electron chi connectivity index (χ0n) is 12.7. The summed E-state index contributed by atoms with van der Waals surface area (Å²) in [5, 5.41) is 0. The van der Waals surface area contributed by atoms with E-state index in [4.69, 9.17) is 0 Å². The molecule has 23 heavy (non-hydrogen) atoms. The predicted molar refractivity (Wildman–Crippen MR) is 87.4 cm³/mol. The van der Waals surface area contributed by atoms with Crippen LogP contribution < -0.4 is 4.57 Å². The number of imidazole rings is 1. The Balaban J connectivity index is 0.00000156. The molecule has 0 saturated carbocycles. The quantitative estimate of drug-likeness (QED) is 0.376. The number of benzene rings is 2. The summed E-state index contributed by atoms with van der Waals surface area (Å²) in [4.78, 5) is 0. The summed E-state index contributed by atoms with van der Waals surface area (Å²) in [6.45, 7) is 0. The molecule has 1 aliphatic rings. The third kappa shape index (κ3) is 2.86. The number of rotatable bonds is 1. The van der Waals surface area contributed by atoms with Crippen molar-refractivity contribution in [1.29, 1.82) is 0 Å². The van der Waals surface area contributed by atoms with E-state index in [0.717, 1.165) is 11.3 Å². The largest absolute Gasteiger partial charge is 0.348 e. The third-order valence-electron chi connectivity index (χ3n) is 3.86. The maximum atomic E-state index is 3.40. The van der Waals surface area contributed by atoms with E-state index in [-0.39, 0.29) is 20.1 Å². The van der Waals surface area contributed by atoms with Crippen LogP contribution in [0, 0.1) is 12.4 Å². The van der Waals surface area contributed by atoms with Crippen molar-refractivity contribution >= 4 is 11.8 Å². The molecule has 0 fully saturated rings. The summed E-state index contributed by atoms with van der Waals surface area (Å²) in [5.74, 6) is 0. The van der Waals surface area contributed by atoms with Gasteiger partial charge in [0.25, 0.3) is 0 Å². The molecule has 2 aromatic carbocycles. The van der Waals surface area contributed by atoms with Crippen molar-refractivity contribution in [3.63, 3.8) is 0 Å². The van der Waals surface area contributed by atoms with Gasteiger partial charge >= 0.3 is 0 Å². The van der Waals surface area contributed by atoms with E-state index in [9.17, 15) is 0 Å². The van der Waals surface area contributed by atoms with Crippen LogP contribution in [-0.2, 0) is 27.2 Å². The Morgan fingerprint density at radius 2 is 1.61 bits per heavy atom. The van der Waals surface area contributed by atoms with E-state index in [1.807, 2.05) is 34.7 Å². The van der Waals surface area contributed by atoms with Crippen LogP contribution in [0.5, 0.6) is 0 Å². The number of nitrogens with zero attached hydrogens (tertiary/aromatic N) is 2. The van der Waals surface area contributed by atoms with E-state index < -0.39 is 0 Å². The van der Waals surface area contributed by atoms with Crippen LogP contribution in [-0.4, -0.2) is 4.57 Å². The molecule has 0 atom stereocenters. The first-order chi connectivity index (χ1) is 10.8. The van der Waals surface area contributed by atoms with Gasteiger partial charge < -0.3 is 9.13 Å². The zero-order valence-corrected chi connectivity index (χ0v) is 15.1. The molecule has 115 valence electrons. The molecule has 0 aliphatic heterocycles. The van der Waals surface area contributed by atoms with Gasteiger partial charge in [0, 0.05) is 32.5 Å². The summed E-state index contributed by atoms with van der Waals surface area (Å²) < 4.78 is 3.89. The normalized spacial score (nSPS) is 13.7. The van der Waals surface area contributed by atoms with Gasteiger partial charge in [0.15, 0.2) is 0 Å². The van der Waals surface area contributed by atoms with Crippen molar-refractivity contribution in [1.82, 2.24) is 4.57 Å². The summed E-state index contributed by atoms with van der Waals surface area (Å²) >= 11 is 0. The first-order valence-corrected chi connectivity index (χ1v) is 7.28. The number of aromatic nitrogens is 2. The first-order valence-electron chi connectivity index (χ1n) is 7.28. The fourth-order valence-electron chi connectivity index (χ4n) is 2.83. The van der Waals surface area contributed by atoms with Crippen molar-refractivity contribution in [3.05, 3.63) is 90.5 Å². The Labute approximate surface area is 149 Å².